The molecule has 70 valence electrons. The van der Waals surface area contributed by atoms with Crippen LogP contribution in [0.4, 0.5) is 0 Å². The van der Waals surface area contributed by atoms with Crippen molar-refractivity contribution in [1.82, 2.24) is 5.32 Å². The molecule has 0 saturated carbocycles. The summed E-state index contributed by atoms with van der Waals surface area (Å²) in [7, 11) is 0. The van der Waals surface area contributed by atoms with Crippen LogP contribution >= 0.6 is 0 Å². The Labute approximate surface area is 77.3 Å². The maximum atomic E-state index is 9.04. The van der Waals surface area contributed by atoms with Crippen molar-refractivity contribution >= 4 is 0 Å². The fourth-order valence-electron chi connectivity index (χ4n) is 1.52. The molecule has 2 rings (SSSR count). The van der Waals surface area contributed by atoms with Gasteiger partial charge in [0.1, 0.15) is 0 Å². The number of rotatable bonds is 2. The third-order valence-corrected chi connectivity index (χ3v) is 2.16. The molecule has 0 bridgehead atoms. The summed E-state index contributed by atoms with van der Waals surface area (Å²) >= 11 is 0. The van der Waals surface area contributed by atoms with Crippen LogP contribution in [0.1, 0.15) is 5.56 Å². The lowest BCUT2D eigenvalue weighted by Gasteiger charge is -2.07. The molecule has 1 saturated heterocycles. The van der Waals surface area contributed by atoms with Gasteiger partial charge in [0.05, 0.1) is 6.61 Å². The van der Waals surface area contributed by atoms with E-state index >= 15 is 0 Å². The molecule has 0 radical (unpaired) electrons. The number of aliphatic hydroxyl groups excluding tert-OH is 1. The highest BCUT2D eigenvalue weighted by atomic mass is 16.6. The van der Waals surface area contributed by atoms with Gasteiger partial charge in [-0.25, -0.2) is 0 Å². The Hall–Kier alpha value is -0.900. The molecule has 0 amide bonds. The van der Waals surface area contributed by atoms with Gasteiger partial charge in [-0.05, 0) is 12.0 Å². The molecule has 1 fully saturated rings. The Morgan fingerprint density at radius 2 is 2.15 bits per heavy atom. The maximum absolute atomic E-state index is 9.04. The van der Waals surface area contributed by atoms with E-state index in [1.54, 1.807) is 0 Å². The van der Waals surface area contributed by atoms with E-state index in [-0.39, 0.29) is 6.04 Å². The highest BCUT2D eigenvalue weighted by Crippen LogP contribution is 2.08. The summed E-state index contributed by atoms with van der Waals surface area (Å²) < 4.78 is 4.98. The molecule has 2 N–H and O–H groups in total. The van der Waals surface area contributed by atoms with Gasteiger partial charge in [0.2, 0.25) is 6.41 Å². The van der Waals surface area contributed by atoms with E-state index in [9.17, 15) is 0 Å². The van der Waals surface area contributed by atoms with Crippen molar-refractivity contribution < 1.29 is 9.84 Å². The molecule has 1 aromatic rings. The number of aliphatic hydroxyl groups is 1. The van der Waals surface area contributed by atoms with Gasteiger partial charge in [0, 0.05) is 6.04 Å². The lowest BCUT2D eigenvalue weighted by atomic mass is 10.1. The minimum Gasteiger partial charge on any atom is -0.356 e. The largest absolute Gasteiger partial charge is 0.356 e. The number of hydrogen-bond donors (Lipinski definition) is 2. The van der Waals surface area contributed by atoms with E-state index in [1.165, 1.54) is 5.56 Å². The van der Waals surface area contributed by atoms with Crippen molar-refractivity contribution in [3.8, 4) is 0 Å². The van der Waals surface area contributed by atoms with Crippen molar-refractivity contribution in [3.63, 3.8) is 0 Å². The van der Waals surface area contributed by atoms with Gasteiger partial charge in [-0.3, -0.25) is 5.32 Å². The zero-order valence-corrected chi connectivity index (χ0v) is 7.31. The lowest BCUT2D eigenvalue weighted by molar-refractivity contribution is -0.0719. The molecular formula is C10H13NO2. The summed E-state index contributed by atoms with van der Waals surface area (Å²) in [4.78, 5) is 0. The van der Waals surface area contributed by atoms with Gasteiger partial charge in [-0.15, -0.1) is 0 Å². The predicted octanol–water partition coefficient (Wildman–Crippen LogP) is 0.493. The third-order valence-electron chi connectivity index (χ3n) is 2.16. The first-order valence-corrected chi connectivity index (χ1v) is 4.44. The molecule has 2 atom stereocenters. The van der Waals surface area contributed by atoms with Gasteiger partial charge >= 0.3 is 0 Å². The zero-order chi connectivity index (χ0) is 9.10. The zero-order valence-electron chi connectivity index (χ0n) is 7.31. The van der Waals surface area contributed by atoms with E-state index < -0.39 is 6.41 Å². The molecular weight excluding hydrogens is 166 g/mol. The molecule has 3 nitrogen and oxygen atoms in total. The summed E-state index contributed by atoms with van der Waals surface area (Å²) in [5.41, 5.74) is 1.26. The average molecular weight is 179 g/mol. The third kappa shape index (κ3) is 2.28. The first-order chi connectivity index (χ1) is 6.34. The SMILES string of the molecule is O[C@@H]1N[C@@H](Cc2ccccc2)CO1. The second-order valence-electron chi connectivity index (χ2n) is 3.24. The van der Waals surface area contributed by atoms with Crippen LogP contribution in [-0.4, -0.2) is 24.2 Å². The van der Waals surface area contributed by atoms with Crippen molar-refractivity contribution in [3.05, 3.63) is 35.9 Å². The van der Waals surface area contributed by atoms with Gasteiger partial charge in [0.15, 0.2) is 0 Å². The molecule has 3 heteroatoms. The molecule has 0 aromatic heterocycles. The van der Waals surface area contributed by atoms with Crippen LogP contribution in [0.15, 0.2) is 30.3 Å². The van der Waals surface area contributed by atoms with E-state index in [2.05, 4.69) is 17.4 Å². The van der Waals surface area contributed by atoms with Gasteiger partial charge in [0.25, 0.3) is 0 Å². The number of ether oxygens (including phenoxy) is 1. The highest BCUT2D eigenvalue weighted by Gasteiger charge is 2.21. The molecule has 1 aliphatic heterocycles. The maximum Gasteiger partial charge on any atom is 0.213 e. The Morgan fingerprint density at radius 3 is 2.77 bits per heavy atom. The molecule has 1 heterocycles. The molecule has 0 spiro atoms. The number of hydrogen-bond acceptors (Lipinski definition) is 3. The smallest absolute Gasteiger partial charge is 0.213 e. The van der Waals surface area contributed by atoms with Crippen molar-refractivity contribution in [2.24, 2.45) is 0 Å². The van der Waals surface area contributed by atoms with Crippen LogP contribution in [0.2, 0.25) is 0 Å². The lowest BCUT2D eigenvalue weighted by Crippen LogP contribution is -2.31. The highest BCUT2D eigenvalue weighted by molar-refractivity contribution is 5.16. The molecule has 0 aliphatic carbocycles. The van der Waals surface area contributed by atoms with Crippen molar-refractivity contribution in [1.29, 1.82) is 0 Å². The van der Waals surface area contributed by atoms with Gasteiger partial charge < -0.3 is 9.84 Å². The number of nitrogens with one attached hydrogen (secondary N) is 1. The van der Waals surface area contributed by atoms with Crippen LogP contribution in [0, 0.1) is 0 Å². The van der Waals surface area contributed by atoms with Crippen LogP contribution in [-0.2, 0) is 11.2 Å². The van der Waals surface area contributed by atoms with E-state index in [0.717, 1.165) is 6.42 Å². The standard InChI is InChI=1S/C10H13NO2/c12-10-11-9(7-13-10)6-8-4-2-1-3-5-8/h1-5,9-12H,6-7H2/t9-,10-/m0/s1. The summed E-state index contributed by atoms with van der Waals surface area (Å²) in [6.07, 6.45) is 0.117. The molecule has 1 aromatic carbocycles. The fourth-order valence-corrected chi connectivity index (χ4v) is 1.52. The Balaban J connectivity index is 1.92. The minimum absolute atomic E-state index is 0.234. The molecule has 0 unspecified atom stereocenters. The van der Waals surface area contributed by atoms with Gasteiger partial charge in [-0.1, -0.05) is 30.3 Å². The summed E-state index contributed by atoms with van der Waals surface area (Å²) in [6, 6.07) is 10.4. The van der Waals surface area contributed by atoms with Crippen LogP contribution in [0.25, 0.3) is 0 Å². The second-order valence-corrected chi connectivity index (χ2v) is 3.24. The van der Waals surface area contributed by atoms with E-state index in [0.29, 0.717) is 6.61 Å². The minimum atomic E-state index is -0.784. The summed E-state index contributed by atoms with van der Waals surface area (Å²) in [6.45, 7) is 0.579. The monoisotopic (exact) mass is 179 g/mol. The molecule has 1 aliphatic rings. The van der Waals surface area contributed by atoms with E-state index in [4.69, 9.17) is 9.84 Å². The normalized spacial score (nSPS) is 27.8. The first kappa shape index (κ1) is 8.69. The Morgan fingerprint density at radius 1 is 1.38 bits per heavy atom. The van der Waals surface area contributed by atoms with Crippen molar-refractivity contribution in [2.75, 3.05) is 6.61 Å². The van der Waals surface area contributed by atoms with Gasteiger partial charge in [-0.2, -0.15) is 0 Å². The Kier molecular flexibility index (Phi) is 2.59. The van der Waals surface area contributed by atoms with Crippen LogP contribution in [0.3, 0.4) is 0 Å². The quantitative estimate of drug-likeness (QED) is 0.694. The summed E-state index contributed by atoms with van der Waals surface area (Å²) in [5, 5.41) is 12.0. The molecule has 13 heavy (non-hydrogen) atoms. The van der Waals surface area contributed by atoms with E-state index in [1.807, 2.05) is 18.2 Å². The second kappa shape index (κ2) is 3.87. The van der Waals surface area contributed by atoms with Crippen molar-refractivity contribution in [2.45, 2.75) is 18.9 Å². The van der Waals surface area contributed by atoms with Crippen LogP contribution in [0.5, 0.6) is 0 Å². The average Bonchev–Trinajstić information content (AvgIpc) is 2.53. The fraction of sp³-hybridized carbons (Fsp3) is 0.400. The Bertz CT molecular complexity index is 263. The topological polar surface area (TPSA) is 41.5 Å². The summed E-state index contributed by atoms with van der Waals surface area (Å²) in [5.74, 6) is 0. The number of benzene rings is 1. The predicted molar refractivity (Wildman–Crippen MR) is 49.0 cm³/mol. The van der Waals surface area contributed by atoms with Crippen LogP contribution < -0.4 is 5.32 Å². The first-order valence-electron chi connectivity index (χ1n) is 4.44.